The van der Waals surface area contributed by atoms with E-state index >= 15 is 0 Å². The predicted molar refractivity (Wildman–Crippen MR) is 155 cm³/mol. The summed E-state index contributed by atoms with van der Waals surface area (Å²) in [5, 5.41) is 0. The van der Waals surface area contributed by atoms with Crippen LogP contribution in [0.3, 0.4) is 0 Å². The van der Waals surface area contributed by atoms with Crippen LogP contribution in [-0.4, -0.2) is 17.4 Å². The van der Waals surface area contributed by atoms with Gasteiger partial charge in [0.2, 0.25) is 5.91 Å². The molecule has 188 valence electrons. The molecule has 0 aromatic heterocycles. The van der Waals surface area contributed by atoms with Crippen LogP contribution in [-0.2, 0) is 11.3 Å². The number of benzene rings is 3. The number of hydrogen-bond donors (Lipinski definition) is 0. The summed E-state index contributed by atoms with van der Waals surface area (Å²) in [5.74, 6) is 0.00912. The van der Waals surface area contributed by atoms with Gasteiger partial charge in [0.15, 0.2) is 0 Å². The molecule has 0 N–H and O–H groups in total. The zero-order valence-corrected chi connectivity index (χ0v) is 22.1. The molecule has 0 bridgehead atoms. The number of unbranched alkanes of at least 4 members (excludes halogenated alkanes) is 5. The second-order valence-corrected chi connectivity index (χ2v) is 9.37. The van der Waals surface area contributed by atoms with E-state index in [1.165, 1.54) is 66.0 Å². The van der Waals surface area contributed by atoms with Gasteiger partial charge in [-0.2, -0.15) is 0 Å². The first kappa shape index (κ1) is 27.2. The van der Waals surface area contributed by atoms with Crippen LogP contribution in [0, 0.1) is 0 Å². The van der Waals surface area contributed by atoms with E-state index in [-0.39, 0.29) is 5.91 Å². The fourth-order valence-electron chi connectivity index (χ4n) is 4.76. The van der Waals surface area contributed by atoms with Crippen molar-refractivity contribution in [1.29, 1.82) is 0 Å². The van der Waals surface area contributed by atoms with Gasteiger partial charge in [0.1, 0.15) is 0 Å². The summed E-state index contributed by atoms with van der Waals surface area (Å²) in [7, 11) is 0. The lowest BCUT2D eigenvalue weighted by Gasteiger charge is -2.22. The van der Waals surface area contributed by atoms with Crippen molar-refractivity contribution in [2.45, 2.75) is 65.3 Å². The zero-order valence-electron chi connectivity index (χ0n) is 22.1. The fraction of sp³-hybridized carbons (Fsp3) is 0.324. The van der Waals surface area contributed by atoms with Crippen molar-refractivity contribution in [2.75, 3.05) is 6.54 Å². The van der Waals surface area contributed by atoms with E-state index in [1.54, 1.807) is 0 Å². The molecule has 2 heteroatoms. The third-order valence-corrected chi connectivity index (χ3v) is 6.72. The Hall–Kier alpha value is -3.39. The van der Waals surface area contributed by atoms with E-state index in [9.17, 15) is 4.79 Å². The molecule has 3 aromatic rings. The van der Waals surface area contributed by atoms with Gasteiger partial charge in [-0.05, 0) is 52.3 Å². The van der Waals surface area contributed by atoms with Gasteiger partial charge < -0.3 is 4.90 Å². The molecule has 0 fully saturated rings. The average Bonchev–Trinajstić information content (AvgIpc) is 2.94. The summed E-state index contributed by atoms with van der Waals surface area (Å²) in [5.41, 5.74) is 7.42. The summed E-state index contributed by atoms with van der Waals surface area (Å²) in [6.45, 7) is 9.58. The molecule has 3 rings (SSSR count). The highest BCUT2D eigenvalue weighted by atomic mass is 16.2. The third kappa shape index (κ3) is 7.81. The Morgan fingerprint density at radius 3 is 1.86 bits per heavy atom. The number of carbonyl (C=O) groups excluding carboxylic acids is 1. The standard InChI is InChI=1S/C34H41NO/c1-4-7-8-9-10-17-26-35(33(36)6-3)27-28-22-24-31(25-23-28)34(30-20-15-12-16-21-30)32(5-2)29-18-13-11-14-19-29/h6,11-16,18-25H,3-5,7-10,17,26-27H2,1-2H3/b34-32-. The summed E-state index contributed by atoms with van der Waals surface area (Å²) in [6.07, 6.45) is 9.67. The first-order valence-corrected chi connectivity index (χ1v) is 13.5. The fourth-order valence-corrected chi connectivity index (χ4v) is 4.76. The van der Waals surface area contributed by atoms with E-state index in [4.69, 9.17) is 0 Å². The van der Waals surface area contributed by atoms with Crippen LogP contribution in [0.5, 0.6) is 0 Å². The summed E-state index contributed by atoms with van der Waals surface area (Å²) >= 11 is 0. The molecule has 0 atom stereocenters. The van der Waals surface area contributed by atoms with Gasteiger partial charge in [0.05, 0.1) is 0 Å². The highest BCUT2D eigenvalue weighted by Crippen LogP contribution is 2.34. The topological polar surface area (TPSA) is 20.3 Å². The molecular formula is C34H41NO. The number of amides is 1. The lowest BCUT2D eigenvalue weighted by molar-refractivity contribution is -0.126. The molecular weight excluding hydrogens is 438 g/mol. The van der Waals surface area contributed by atoms with Gasteiger partial charge in [-0.25, -0.2) is 0 Å². The minimum absolute atomic E-state index is 0.00912. The minimum atomic E-state index is 0.00912. The van der Waals surface area contributed by atoms with Crippen molar-refractivity contribution >= 4 is 17.1 Å². The van der Waals surface area contributed by atoms with Crippen molar-refractivity contribution in [3.05, 3.63) is 120 Å². The van der Waals surface area contributed by atoms with Crippen LogP contribution in [0.1, 0.15) is 81.0 Å². The number of hydrogen-bond acceptors (Lipinski definition) is 1. The third-order valence-electron chi connectivity index (χ3n) is 6.72. The molecule has 2 nitrogen and oxygen atoms in total. The largest absolute Gasteiger partial charge is 0.335 e. The molecule has 0 unspecified atom stereocenters. The van der Waals surface area contributed by atoms with Crippen molar-refractivity contribution in [2.24, 2.45) is 0 Å². The van der Waals surface area contributed by atoms with E-state index in [1.807, 2.05) is 4.90 Å². The lowest BCUT2D eigenvalue weighted by Crippen LogP contribution is -2.29. The molecule has 0 saturated carbocycles. The maximum absolute atomic E-state index is 12.5. The molecule has 1 amide bonds. The van der Waals surface area contributed by atoms with Crippen LogP contribution in [0.25, 0.3) is 11.1 Å². The van der Waals surface area contributed by atoms with Crippen LogP contribution < -0.4 is 0 Å². The Kier molecular flexibility index (Phi) is 11.2. The monoisotopic (exact) mass is 479 g/mol. The van der Waals surface area contributed by atoms with Crippen LogP contribution in [0.15, 0.2) is 97.6 Å². The average molecular weight is 480 g/mol. The van der Waals surface area contributed by atoms with Crippen molar-refractivity contribution in [3.63, 3.8) is 0 Å². The smallest absolute Gasteiger partial charge is 0.246 e. The molecule has 0 spiro atoms. The van der Waals surface area contributed by atoms with Gasteiger partial charge in [-0.1, -0.05) is 137 Å². The summed E-state index contributed by atoms with van der Waals surface area (Å²) in [4.78, 5) is 14.5. The Bertz CT molecular complexity index is 1100. The number of rotatable bonds is 14. The molecule has 0 aliphatic carbocycles. The summed E-state index contributed by atoms with van der Waals surface area (Å²) in [6, 6.07) is 30.0. The second-order valence-electron chi connectivity index (χ2n) is 9.37. The molecule has 36 heavy (non-hydrogen) atoms. The Morgan fingerprint density at radius 1 is 0.722 bits per heavy atom. The minimum Gasteiger partial charge on any atom is -0.335 e. The maximum atomic E-state index is 12.5. The Labute approximate surface area is 218 Å². The number of carbonyl (C=O) groups is 1. The van der Waals surface area contributed by atoms with Crippen molar-refractivity contribution < 1.29 is 4.79 Å². The van der Waals surface area contributed by atoms with Crippen LogP contribution in [0.2, 0.25) is 0 Å². The molecule has 0 radical (unpaired) electrons. The van der Waals surface area contributed by atoms with E-state index in [0.717, 1.165) is 24.9 Å². The molecule has 0 saturated heterocycles. The van der Waals surface area contributed by atoms with Crippen LogP contribution in [0.4, 0.5) is 0 Å². The molecule has 0 heterocycles. The van der Waals surface area contributed by atoms with E-state index in [2.05, 4.69) is 105 Å². The Morgan fingerprint density at radius 2 is 1.28 bits per heavy atom. The predicted octanol–water partition coefficient (Wildman–Crippen LogP) is 8.93. The van der Waals surface area contributed by atoms with E-state index < -0.39 is 0 Å². The normalized spacial score (nSPS) is 11.6. The molecule has 0 aliphatic heterocycles. The van der Waals surface area contributed by atoms with Gasteiger partial charge in [0.25, 0.3) is 0 Å². The zero-order chi connectivity index (χ0) is 25.6. The first-order chi connectivity index (χ1) is 17.7. The highest BCUT2D eigenvalue weighted by Gasteiger charge is 2.14. The van der Waals surface area contributed by atoms with Gasteiger partial charge in [-0.15, -0.1) is 0 Å². The van der Waals surface area contributed by atoms with E-state index in [0.29, 0.717) is 6.54 Å². The highest BCUT2D eigenvalue weighted by molar-refractivity contribution is 5.98. The second kappa shape index (κ2) is 14.9. The maximum Gasteiger partial charge on any atom is 0.246 e. The van der Waals surface area contributed by atoms with Gasteiger partial charge in [0, 0.05) is 13.1 Å². The number of nitrogens with zero attached hydrogens (tertiary/aromatic N) is 1. The quantitative estimate of drug-likeness (QED) is 0.128. The van der Waals surface area contributed by atoms with Gasteiger partial charge >= 0.3 is 0 Å². The first-order valence-electron chi connectivity index (χ1n) is 13.5. The molecule has 3 aromatic carbocycles. The number of allylic oxidation sites excluding steroid dienone is 1. The van der Waals surface area contributed by atoms with Crippen LogP contribution >= 0.6 is 0 Å². The van der Waals surface area contributed by atoms with Gasteiger partial charge in [-0.3, -0.25) is 4.79 Å². The Balaban J connectivity index is 1.83. The summed E-state index contributed by atoms with van der Waals surface area (Å²) < 4.78 is 0. The molecule has 0 aliphatic rings. The van der Waals surface area contributed by atoms with Crippen molar-refractivity contribution in [3.8, 4) is 0 Å². The lowest BCUT2D eigenvalue weighted by atomic mass is 9.88. The van der Waals surface area contributed by atoms with Crippen molar-refractivity contribution in [1.82, 2.24) is 4.90 Å². The SMILES string of the molecule is C=CC(=O)N(CCCCCCCC)Cc1ccc(/C(=C(/CC)c2ccccc2)c2ccccc2)cc1.